The van der Waals surface area contributed by atoms with Crippen LogP contribution in [0.4, 0.5) is 13.6 Å². The molecule has 2 aromatic heterocycles. The Morgan fingerprint density at radius 1 is 1.11 bits per heavy atom. The van der Waals surface area contributed by atoms with Crippen molar-refractivity contribution < 1.29 is 37.3 Å². The smallest absolute Gasteiger partial charge is 0.451 e. The largest absolute Gasteiger partial charge is 0.510 e. The Morgan fingerprint density at radius 3 is 2.80 bits per heavy atom. The maximum atomic E-state index is 15.9. The maximum absolute atomic E-state index is 15.9. The molecule has 7 rings (SSSR count). The fraction of sp³-hybridized carbons (Fsp3) is 0.267. The SMILES string of the molecule is COC(=O)OCOc1c2n(ccc1=O)N(C1c3ccccc3-c3scnc3-c3c1ccc(F)c3F)C1CCOCCN1C2=O. The molecule has 4 aromatic rings. The number of ether oxygens (including phenoxy) is 4. The Morgan fingerprint density at radius 2 is 1.95 bits per heavy atom. The summed E-state index contributed by atoms with van der Waals surface area (Å²) in [6.07, 6.45) is 0.168. The predicted molar refractivity (Wildman–Crippen MR) is 153 cm³/mol. The molecule has 0 radical (unpaired) electrons. The third kappa shape index (κ3) is 4.32. The summed E-state index contributed by atoms with van der Waals surface area (Å²) < 4.78 is 52.9. The molecule has 1 aliphatic carbocycles. The van der Waals surface area contributed by atoms with E-state index >= 15 is 4.39 Å². The highest BCUT2D eigenvalue weighted by Crippen LogP contribution is 2.50. The van der Waals surface area contributed by atoms with E-state index in [0.717, 1.165) is 24.3 Å². The van der Waals surface area contributed by atoms with Gasteiger partial charge in [0.2, 0.25) is 18.0 Å². The second-order valence-electron chi connectivity index (χ2n) is 10.2. The Bertz CT molecular complexity index is 1860. The highest BCUT2D eigenvalue weighted by atomic mass is 32.1. The lowest BCUT2D eigenvalue weighted by Crippen LogP contribution is -2.62. The van der Waals surface area contributed by atoms with E-state index < -0.39 is 48.1 Å². The van der Waals surface area contributed by atoms with Crippen molar-refractivity contribution in [2.24, 2.45) is 0 Å². The number of amides is 1. The number of halogens is 2. The fourth-order valence-corrected chi connectivity index (χ4v) is 6.97. The molecular formula is C30H24F2N4O7S. The third-order valence-electron chi connectivity index (χ3n) is 7.95. The van der Waals surface area contributed by atoms with Crippen molar-refractivity contribution in [3.63, 3.8) is 0 Å². The molecule has 1 fully saturated rings. The number of nitrogens with zero attached hydrogens (tertiary/aromatic N) is 4. The summed E-state index contributed by atoms with van der Waals surface area (Å²) in [7, 11) is 1.12. The first kappa shape index (κ1) is 28.0. The van der Waals surface area contributed by atoms with Crippen LogP contribution in [0, 0.1) is 11.6 Å². The zero-order valence-electron chi connectivity index (χ0n) is 23.2. The van der Waals surface area contributed by atoms with Crippen molar-refractivity contribution in [2.75, 3.05) is 38.7 Å². The lowest BCUT2D eigenvalue weighted by molar-refractivity contribution is 0.0130. The van der Waals surface area contributed by atoms with Crippen molar-refractivity contribution in [3.05, 3.63) is 92.9 Å². The van der Waals surface area contributed by atoms with Crippen LogP contribution in [0.15, 0.2) is 59.0 Å². The van der Waals surface area contributed by atoms with Gasteiger partial charge in [-0.05, 0) is 22.8 Å². The average molecular weight is 623 g/mol. The molecule has 11 nitrogen and oxygen atoms in total. The van der Waals surface area contributed by atoms with Crippen LogP contribution >= 0.6 is 11.3 Å². The standard InChI is InChI=1S/C30H24F2N4O7S/c1-40-30(39)43-15-42-27-20(37)8-10-35-26(27)29(38)34-11-13-41-12-9-21(34)36(35)25-16-4-2-3-5-17(16)28-24(33-14-44-28)22-18(25)6-7-19(31)23(22)32/h2-8,10,14,21,25H,9,11-13,15H2,1H3. The van der Waals surface area contributed by atoms with E-state index in [2.05, 4.69) is 9.72 Å². The lowest BCUT2D eigenvalue weighted by atomic mass is 9.92. The first-order valence-electron chi connectivity index (χ1n) is 13.7. The van der Waals surface area contributed by atoms with Crippen molar-refractivity contribution in [1.29, 1.82) is 0 Å². The zero-order valence-corrected chi connectivity index (χ0v) is 24.0. The number of hydrogen-bond donors (Lipinski definition) is 0. The first-order chi connectivity index (χ1) is 21.4. The molecule has 4 heterocycles. The van der Waals surface area contributed by atoms with E-state index in [0.29, 0.717) is 29.2 Å². The summed E-state index contributed by atoms with van der Waals surface area (Å²) in [6.45, 7) is 0.0671. The van der Waals surface area contributed by atoms with Gasteiger partial charge < -0.3 is 23.8 Å². The number of pyridine rings is 1. The van der Waals surface area contributed by atoms with Crippen LogP contribution in [0.1, 0.15) is 34.1 Å². The summed E-state index contributed by atoms with van der Waals surface area (Å²) in [5, 5.41) is 1.87. The summed E-state index contributed by atoms with van der Waals surface area (Å²) in [6, 6.07) is 10.5. The predicted octanol–water partition coefficient (Wildman–Crippen LogP) is 4.28. The van der Waals surface area contributed by atoms with Gasteiger partial charge in [-0.25, -0.2) is 18.6 Å². The molecule has 2 aromatic carbocycles. The Balaban J connectivity index is 1.50. The molecule has 0 N–H and O–H groups in total. The number of benzene rings is 2. The summed E-state index contributed by atoms with van der Waals surface area (Å²) in [5.41, 5.74) is 3.12. The van der Waals surface area contributed by atoms with Gasteiger partial charge in [0.25, 0.3) is 5.91 Å². The van der Waals surface area contributed by atoms with Crippen molar-refractivity contribution in [3.8, 4) is 27.4 Å². The van der Waals surface area contributed by atoms with Crippen LogP contribution in [0.25, 0.3) is 21.7 Å². The number of hydrogen-bond acceptors (Lipinski definition) is 10. The van der Waals surface area contributed by atoms with E-state index in [9.17, 15) is 18.8 Å². The second-order valence-corrected chi connectivity index (χ2v) is 11.0. The van der Waals surface area contributed by atoms with Gasteiger partial charge in [0.15, 0.2) is 17.3 Å². The minimum absolute atomic E-state index is 0.0151. The van der Waals surface area contributed by atoms with Gasteiger partial charge in [-0.2, -0.15) is 0 Å². The topological polar surface area (TPSA) is 112 Å². The van der Waals surface area contributed by atoms with Gasteiger partial charge in [-0.1, -0.05) is 30.3 Å². The zero-order chi connectivity index (χ0) is 30.5. The first-order valence-corrected chi connectivity index (χ1v) is 14.6. The van der Waals surface area contributed by atoms with Gasteiger partial charge in [0.05, 0.1) is 42.4 Å². The summed E-state index contributed by atoms with van der Waals surface area (Å²) in [4.78, 5) is 45.5. The Kier molecular flexibility index (Phi) is 7.01. The highest BCUT2D eigenvalue weighted by Gasteiger charge is 2.46. The molecule has 2 unspecified atom stereocenters. The van der Waals surface area contributed by atoms with Gasteiger partial charge in [0, 0.05) is 30.8 Å². The average Bonchev–Trinajstić information content (AvgIpc) is 3.32. The van der Waals surface area contributed by atoms with E-state index in [4.69, 9.17) is 14.2 Å². The molecule has 226 valence electrons. The molecular weight excluding hydrogens is 598 g/mol. The quantitative estimate of drug-likeness (QED) is 0.243. The molecule has 3 aliphatic rings. The molecule has 0 bridgehead atoms. The van der Waals surface area contributed by atoms with E-state index in [1.54, 1.807) is 10.4 Å². The van der Waals surface area contributed by atoms with Gasteiger partial charge in [-0.3, -0.25) is 19.3 Å². The molecule has 0 spiro atoms. The van der Waals surface area contributed by atoms with Crippen LogP contribution in [-0.4, -0.2) is 66.4 Å². The molecule has 44 heavy (non-hydrogen) atoms. The molecule has 2 atom stereocenters. The van der Waals surface area contributed by atoms with Crippen molar-refractivity contribution in [1.82, 2.24) is 14.6 Å². The van der Waals surface area contributed by atoms with E-state index in [1.165, 1.54) is 34.3 Å². The van der Waals surface area contributed by atoms with Crippen LogP contribution in [0.5, 0.6) is 5.75 Å². The van der Waals surface area contributed by atoms with Crippen molar-refractivity contribution >= 4 is 23.4 Å². The molecule has 0 saturated carbocycles. The molecule has 1 saturated heterocycles. The van der Waals surface area contributed by atoms with E-state index in [1.807, 2.05) is 29.3 Å². The van der Waals surface area contributed by atoms with Crippen LogP contribution in [-0.2, 0) is 14.2 Å². The summed E-state index contributed by atoms with van der Waals surface area (Å²) in [5.74, 6) is -2.90. The number of rotatable bonds is 4. The maximum Gasteiger partial charge on any atom is 0.510 e. The minimum Gasteiger partial charge on any atom is -0.451 e. The normalized spacial score (nSPS) is 18.6. The second kappa shape index (κ2) is 11.0. The lowest BCUT2D eigenvalue weighted by Gasteiger charge is -2.49. The molecule has 14 heteroatoms. The van der Waals surface area contributed by atoms with E-state index in [-0.39, 0.29) is 30.2 Å². The van der Waals surface area contributed by atoms with Gasteiger partial charge >= 0.3 is 6.16 Å². The Hall–Kier alpha value is -4.82. The molecule has 1 amide bonds. The highest BCUT2D eigenvalue weighted by molar-refractivity contribution is 7.13. The molecule has 2 aliphatic heterocycles. The number of fused-ring (bicyclic) bond motifs is 7. The summed E-state index contributed by atoms with van der Waals surface area (Å²) >= 11 is 1.31. The fourth-order valence-electron chi connectivity index (χ4n) is 6.12. The van der Waals surface area contributed by atoms with Gasteiger partial charge in [0.1, 0.15) is 6.17 Å². The Labute approximate surface area is 252 Å². The van der Waals surface area contributed by atoms with Crippen molar-refractivity contribution in [2.45, 2.75) is 18.6 Å². The van der Waals surface area contributed by atoms with Crippen LogP contribution in [0.3, 0.4) is 0 Å². The number of carbonyl (C=O) groups excluding carboxylic acids is 2. The number of carbonyl (C=O) groups is 2. The minimum atomic E-state index is -1.04. The van der Waals surface area contributed by atoms with Gasteiger partial charge in [-0.15, -0.1) is 11.3 Å². The number of thiazole rings is 1. The number of aromatic nitrogens is 2. The van der Waals surface area contributed by atoms with Crippen LogP contribution < -0.4 is 15.2 Å². The monoisotopic (exact) mass is 622 g/mol. The third-order valence-corrected chi connectivity index (χ3v) is 8.81. The van der Waals surface area contributed by atoms with Crippen LogP contribution in [0.2, 0.25) is 0 Å². The number of methoxy groups -OCH3 is 1.